The predicted molar refractivity (Wildman–Crippen MR) is 74.8 cm³/mol. The fraction of sp³-hybridized carbons (Fsp3) is 0. The van der Waals surface area contributed by atoms with E-state index >= 15 is 0 Å². The van der Waals surface area contributed by atoms with Crippen molar-refractivity contribution < 1.29 is 9.50 Å². The molecule has 5 heteroatoms. The van der Waals surface area contributed by atoms with Crippen LogP contribution < -0.4 is 5.46 Å². The second kappa shape index (κ2) is 5.35. The molecule has 0 fully saturated rings. The smallest absolute Gasteiger partial charge is 0.148 e. The summed E-state index contributed by atoms with van der Waals surface area (Å²) >= 11 is 3.17. The Balaban J connectivity index is 2.38. The van der Waals surface area contributed by atoms with Crippen LogP contribution in [0.2, 0.25) is 0 Å². The molecule has 1 N–H and O–H groups in total. The van der Waals surface area contributed by atoms with Crippen molar-refractivity contribution in [2.75, 3.05) is 0 Å². The van der Waals surface area contributed by atoms with Crippen molar-refractivity contribution in [2.45, 2.75) is 0 Å². The Morgan fingerprint density at radius 3 is 2.72 bits per heavy atom. The number of aliphatic imine (C=N–C) groups is 1. The van der Waals surface area contributed by atoms with E-state index in [9.17, 15) is 9.50 Å². The molecule has 0 spiro atoms. The third kappa shape index (κ3) is 2.79. The topological polar surface area (TPSA) is 32.6 Å². The largest absolute Gasteiger partial charge is 0.506 e. The molecule has 0 amide bonds. The minimum Gasteiger partial charge on any atom is -0.506 e. The molecule has 0 unspecified atom stereocenters. The van der Waals surface area contributed by atoms with Gasteiger partial charge < -0.3 is 5.11 Å². The maximum atomic E-state index is 13.3. The molecular formula is C13H8BBrFNO. The molecule has 0 bridgehead atoms. The number of aromatic hydroxyl groups is 1. The summed E-state index contributed by atoms with van der Waals surface area (Å²) in [5, 5.41) is 9.78. The average Bonchev–Trinajstić information content (AvgIpc) is 2.33. The maximum Gasteiger partial charge on any atom is 0.148 e. The van der Waals surface area contributed by atoms with Crippen LogP contribution in [0.4, 0.5) is 10.1 Å². The van der Waals surface area contributed by atoms with Gasteiger partial charge in [-0.1, -0.05) is 29.7 Å². The van der Waals surface area contributed by atoms with E-state index < -0.39 is 5.82 Å². The molecule has 0 heterocycles. The minimum atomic E-state index is -0.420. The van der Waals surface area contributed by atoms with E-state index in [1.54, 1.807) is 30.3 Å². The van der Waals surface area contributed by atoms with Crippen LogP contribution in [0.1, 0.15) is 5.56 Å². The normalized spacial score (nSPS) is 11.0. The number of benzene rings is 2. The summed E-state index contributed by atoms with van der Waals surface area (Å²) in [6.07, 6.45) is 1.37. The van der Waals surface area contributed by atoms with Gasteiger partial charge in [-0.15, -0.1) is 0 Å². The molecule has 2 aromatic rings. The Morgan fingerprint density at radius 2 is 2.00 bits per heavy atom. The van der Waals surface area contributed by atoms with Crippen molar-refractivity contribution >= 4 is 41.1 Å². The van der Waals surface area contributed by atoms with Crippen LogP contribution in [0.15, 0.2) is 45.9 Å². The lowest BCUT2D eigenvalue weighted by Crippen LogP contribution is -2.03. The third-order valence-electron chi connectivity index (χ3n) is 2.31. The maximum absolute atomic E-state index is 13.3. The van der Waals surface area contributed by atoms with Gasteiger partial charge >= 0.3 is 0 Å². The molecule has 0 atom stereocenters. The first kappa shape index (κ1) is 12.8. The Hall–Kier alpha value is -1.62. The molecule has 2 radical (unpaired) electrons. The van der Waals surface area contributed by atoms with Gasteiger partial charge in [0.1, 0.15) is 19.4 Å². The summed E-state index contributed by atoms with van der Waals surface area (Å²) in [6.45, 7) is 0. The lowest BCUT2D eigenvalue weighted by molar-refractivity contribution is 0.471. The number of para-hydroxylation sites is 1. The molecule has 0 aliphatic rings. The minimum absolute atomic E-state index is 0.0179. The highest BCUT2D eigenvalue weighted by Gasteiger charge is 2.04. The van der Waals surface area contributed by atoms with Crippen molar-refractivity contribution in [3.05, 3.63) is 52.3 Å². The highest BCUT2D eigenvalue weighted by atomic mass is 79.9. The lowest BCUT2D eigenvalue weighted by atomic mass is 9.94. The number of hydrogen-bond donors (Lipinski definition) is 1. The molecule has 0 aromatic heterocycles. The summed E-state index contributed by atoms with van der Waals surface area (Å²) in [4.78, 5) is 3.98. The molecule has 0 aliphatic carbocycles. The van der Waals surface area contributed by atoms with Crippen LogP contribution in [-0.2, 0) is 0 Å². The van der Waals surface area contributed by atoms with E-state index in [2.05, 4.69) is 20.9 Å². The molecule has 18 heavy (non-hydrogen) atoms. The second-order valence-electron chi connectivity index (χ2n) is 3.65. The zero-order chi connectivity index (χ0) is 13.1. The number of hydrogen-bond acceptors (Lipinski definition) is 2. The number of halogens is 2. The average molecular weight is 304 g/mol. The van der Waals surface area contributed by atoms with Crippen molar-refractivity contribution in [1.29, 1.82) is 0 Å². The van der Waals surface area contributed by atoms with Gasteiger partial charge in [-0.05, 0) is 28.1 Å². The Labute approximate surface area is 114 Å². The van der Waals surface area contributed by atoms with Gasteiger partial charge in [0, 0.05) is 11.8 Å². The van der Waals surface area contributed by atoms with Crippen molar-refractivity contribution in [3.63, 3.8) is 0 Å². The second-order valence-corrected chi connectivity index (χ2v) is 4.50. The van der Waals surface area contributed by atoms with Gasteiger partial charge in [0.05, 0.1) is 10.2 Å². The van der Waals surface area contributed by atoms with Crippen LogP contribution in [-0.4, -0.2) is 19.2 Å². The molecule has 2 rings (SSSR count). The van der Waals surface area contributed by atoms with Crippen LogP contribution in [0.25, 0.3) is 0 Å². The van der Waals surface area contributed by atoms with Gasteiger partial charge in [0.15, 0.2) is 0 Å². The summed E-state index contributed by atoms with van der Waals surface area (Å²) in [5.74, 6) is -0.402. The molecule has 88 valence electrons. The molecule has 0 saturated heterocycles. The van der Waals surface area contributed by atoms with Crippen molar-refractivity contribution in [2.24, 2.45) is 4.99 Å². The van der Waals surface area contributed by atoms with Crippen molar-refractivity contribution in [1.82, 2.24) is 0 Å². The Morgan fingerprint density at radius 1 is 1.28 bits per heavy atom. The van der Waals surface area contributed by atoms with Gasteiger partial charge in [-0.25, -0.2) is 4.39 Å². The third-order valence-corrected chi connectivity index (χ3v) is 2.91. The highest BCUT2D eigenvalue weighted by Crippen LogP contribution is 2.26. The van der Waals surface area contributed by atoms with E-state index in [0.717, 1.165) is 0 Å². The van der Waals surface area contributed by atoms with E-state index in [-0.39, 0.29) is 11.4 Å². The monoisotopic (exact) mass is 303 g/mol. The number of rotatable bonds is 2. The summed E-state index contributed by atoms with van der Waals surface area (Å²) < 4.78 is 13.8. The first-order valence-electron chi connectivity index (χ1n) is 5.14. The van der Waals surface area contributed by atoms with E-state index in [1.807, 2.05) is 0 Å². The van der Waals surface area contributed by atoms with Gasteiger partial charge in [-0.3, -0.25) is 4.99 Å². The molecule has 2 nitrogen and oxygen atoms in total. The Kier molecular flexibility index (Phi) is 3.82. The predicted octanol–water partition coefficient (Wildman–Crippen LogP) is 2.84. The van der Waals surface area contributed by atoms with Crippen LogP contribution in [0, 0.1) is 5.82 Å². The van der Waals surface area contributed by atoms with Crippen molar-refractivity contribution in [3.8, 4) is 5.75 Å². The fourth-order valence-electron chi connectivity index (χ4n) is 1.44. The SMILES string of the molecule is [B]c1cc(Br)c(O)c(C=Nc2ccccc2F)c1. The van der Waals surface area contributed by atoms with E-state index in [0.29, 0.717) is 15.5 Å². The van der Waals surface area contributed by atoms with Crippen LogP contribution in [0.3, 0.4) is 0 Å². The number of phenolic OH excluding ortho intramolecular Hbond substituents is 1. The number of phenols is 1. The van der Waals surface area contributed by atoms with Gasteiger partial charge in [0.2, 0.25) is 0 Å². The standard InChI is InChI=1S/C13H8BBrFNO/c14-9-5-8(13(18)10(15)6-9)7-17-12-4-2-1-3-11(12)16/h1-7,18H. The summed E-state index contributed by atoms with van der Waals surface area (Å²) in [6, 6.07) is 9.28. The first-order chi connectivity index (χ1) is 8.58. The quantitative estimate of drug-likeness (QED) is 0.671. The summed E-state index contributed by atoms with van der Waals surface area (Å²) in [5.41, 5.74) is 1.11. The van der Waals surface area contributed by atoms with E-state index in [4.69, 9.17) is 7.85 Å². The highest BCUT2D eigenvalue weighted by molar-refractivity contribution is 9.10. The molecule has 0 saturated carbocycles. The van der Waals surface area contributed by atoms with E-state index in [1.165, 1.54) is 12.3 Å². The van der Waals surface area contributed by atoms with Gasteiger partial charge in [-0.2, -0.15) is 0 Å². The molecular weight excluding hydrogens is 296 g/mol. The zero-order valence-electron chi connectivity index (χ0n) is 9.27. The lowest BCUT2D eigenvalue weighted by Gasteiger charge is -2.04. The Bertz CT molecular complexity index is 616. The van der Waals surface area contributed by atoms with Crippen LogP contribution >= 0.6 is 15.9 Å². The molecule has 2 aromatic carbocycles. The van der Waals surface area contributed by atoms with Crippen LogP contribution in [0.5, 0.6) is 5.75 Å². The fourth-order valence-corrected chi connectivity index (χ4v) is 1.93. The first-order valence-corrected chi connectivity index (χ1v) is 5.94. The number of nitrogens with zero attached hydrogens (tertiary/aromatic N) is 1. The zero-order valence-corrected chi connectivity index (χ0v) is 10.9. The molecule has 0 aliphatic heterocycles. The summed E-state index contributed by atoms with van der Waals surface area (Å²) in [7, 11) is 5.65. The van der Waals surface area contributed by atoms with Gasteiger partial charge in [0.25, 0.3) is 0 Å².